The molecule has 1 fully saturated rings. The van der Waals surface area contributed by atoms with Crippen LogP contribution in [0.5, 0.6) is 0 Å². The largest absolute Gasteiger partial charge is 0.358 e. The summed E-state index contributed by atoms with van der Waals surface area (Å²) in [4.78, 5) is 23.8. The van der Waals surface area contributed by atoms with Crippen molar-refractivity contribution in [1.82, 2.24) is 21.5 Å². The average Bonchev–Trinajstić information content (AvgIpc) is 2.61. The summed E-state index contributed by atoms with van der Waals surface area (Å²) >= 11 is 11.1. The lowest BCUT2D eigenvalue weighted by Crippen LogP contribution is -2.53. The summed E-state index contributed by atoms with van der Waals surface area (Å²) in [5.74, 6) is 0.416. The Labute approximate surface area is 164 Å². The summed E-state index contributed by atoms with van der Waals surface area (Å²) in [6.07, 6.45) is 3.48. The first-order chi connectivity index (χ1) is 12.4. The quantitative estimate of drug-likeness (QED) is 0.464. The second-order valence-electron chi connectivity index (χ2n) is 6.71. The molecule has 0 aromatic heterocycles. The number of hydrogen-bond acceptors (Lipinski definition) is 3. The Bertz CT molecular complexity index is 670. The van der Waals surface area contributed by atoms with Crippen LogP contribution in [0.25, 0.3) is 0 Å². The van der Waals surface area contributed by atoms with Crippen molar-refractivity contribution in [1.29, 1.82) is 0 Å². The third kappa shape index (κ3) is 6.14. The van der Waals surface area contributed by atoms with E-state index in [2.05, 4.69) is 35.3 Å². The molecule has 2 rings (SSSR count). The van der Waals surface area contributed by atoms with Crippen LogP contribution in [0, 0.1) is 11.8 Å². The summed E-state index contributed by atoms with van der Waals surface area (Å²) in [6, 6.07) is 6.83. The number of amides is 2. The van der Waals surface area contributed by atoms with Gasteiger partial charge in [0.05, 0.1) is 6.54 Å². The van der Waals surface area contributed by atoms with Gasteiger partial charge in [-0.2, -0.15) is 0 Å². The SMILES string of the molecule is C[C@@H]1[C@H](C)CCC[C@@H]1NC(=S)NNC(=O)CNC(=O)c1cccc(Cl)c1. The molecule has 4 N–H and O–H groups in total. The molecule has 0 bridgehead atoms. The van der Waals surface area contributed by atoms with Crippen molar-refractivity contribution < 1.29 is 9.59 Å². The molecule has 1 aliphatic carbocycles. The zero-order valence-corrected chi connectivity index (χ0v) is 16.5. The number of nitrogens with one attached hydrogen (secondary N) is 4. The topological polar surface area (TPSA) is 82.3 Å². The van der Waals surface area contributed by atoms with Crippen LogP contribution >= 0.6 is 23.8 Å². The lowest BCUT2D eigenvalue weighted by molar-refractivity contribution is -0.120. The molecule has 2 amide bonds. The Morgan fingerprint density at radius 3 is 2.73 bits per heavy atom. The van der Waals surface area contributed by atoms with Crippen LogP contribution in [0.15, 0.2) is 24.3 Å². The van der Waals surface area contributed by atoms with Crippen LogP contribution in [-0.4, -0.2) is 29.5 Å². The van der Waals surface area contributed by atoms with Gasteiger partial charge in [-0.25, -0.2) is 0 Å². The van der Waals surface area contributed by atoms with Crippen LogP contribution in [0.1, 0.15) is 43.5 Å². The normalized spacial score (nSPS) is 22.2. The number of halogens is 1. The highest BCUT2D eigenvalue weighted by Gasteiger charge is 2.27. The number of thiocarbonyl (C=S) groups is 1. The van der Waals surface area contributed by atoms with Gasteiger partial charge < -0.3 is 10.6 Å². The van der Waals surface area contributed by atoms with Crippen LogP contribution in [-0.2, 0) is 4.79 Å². The third-order valence-electron chi connectivity index (χ3n) is 4.84. The molecule has 3 atom stereocenters. The molecule has 0 radical (unpaired) electrons. The van der Waals surface area contributed by atoms with Crippen molar-refractivity contribution in [3.8, 4) is 0 Å². The van der Waals surface area contributed by atoms with Gasteiger partial charge in [-0.3, -0.25) is 20.4 Å². The molecule has 0 aliphatic heterocycles. The highest BCUT2D eigenvalue weighted by Crippen LogP contribution is 2.29. The highest BCUT2D eigenvalue weighted by molar-refractivity contribution is 7.80. The van der Waals surface area contributed by atoms with Gasteiger partial charge in [-0.1, -0.05) is 44.4 Å². The van der Waals surface area contributed by atoms with Crippen LogP contribution in [0.2, 0.25) is 5.02 Å². The van der Waals surface area contributed by atoms with E-state index in [9.17, 15) is 9.59 Å². The number of carbonyl (C=O) groups is 2. The lowest BCUT2D eigenvalue weighted by Gasteiger charge is -2.35. The Morgan fingerprint density at radius 1 is 1.23 bits per heavy atom. The number of benzene rings is 1. The Hall–Kier alpha value is -1.86. The number of rotatable bonds is 4. The number of hydrogen-bond donors (Lipinski definition) is 4. The second-order valence-corrected chi connectivity index (χ2v) is 7.56. The van der Waals surface area contributed by atoms with Gasteiger partial charge in [0.25, 0.3) is 11.8 Å². The molecule has 142 valence electrons. The summed E-state index contributed by atoms with van der Waals surface area (Å²) in [6.45, 7) is 4.30. The van der Waals surface area contributed by atoms with E-state index in [0.717, 1.165) is 6.42 Å². The minimum absolute atomic E-state index is 0.169. The lowest BCUT2D eigenvalue weighted by atomic mass is 9.78. The molecule has 0 saturated heterocycles. The molecule has 0 heterocycles. The van der Waals surface area contributed by atoms with Crippen molar-refractivity contribution >= 4 is 40.7 Å². The first kappa shape index (κ1) is 20.5. The molecule has 1 aromatic rings. The van der Waals surface area contributed by atoms with Gasteiger partial charge in [0.15, 0.2) is 5.11 Å². The van der Waals surface area contributed by atoms with E-state index in [-0.39, 0.29) is 12.5 Å². The molecule has 0 spiro atoms. The molecule has 26 heavy (non-hydrogen) atoms. The van der Waals surface area contributed by atoms with Crippen molar-refractivity contribution in [2.45, 2.75) is 39.2 Å². The van der Waals surface area contributed by atoms with Crippen LogP contribution in [0.3, 0.4) is 0 Å². The summed E-state index contributed by atoms with van der Waals surface area (Å²) in [7, 11) is 0. The maximum absolute atomic E-state index is 12.0. The second kappa shape index (κ2) is 9.73. The molecule has 8 heteroatoms. The molecule has 0 unspecified atom stereocenters. The molecule has 1 aromatic carbocycles. The maximum atomic E-state index is 12.0. The van der Waals surface area contributed by atoms with Gasteiger partial charge >= 0.3 is 0 Å². The van der Waals surface area contributed by atoms with Gasteiger partial charge in [0, 0.05) is 16.6 Å². The summed E-state index contributed by atoms with van der Waals surface area (Å²) < 4.78 is 0. The molecule has 6 nitrogen and oxygen atoms in total. The van der Waals surface area contributed by atoms with E-state index >= 15 is 0 Å². The van der Waals surface area contributed by atoms with Gasteiger partial charge in [0.1, 0.15) is 0 Å². The first-order valence-corrected chi connectivity index (χ1v) is 9.54. The Morgan fingerprint density at radius 2 is 2.00 bits per heavy atom. The zero-order chi connectivity index (χ0) is 19.1. The molecule has 1 aliphatic rings. The van der Waals surface area contributed by atoms with E-state index in [0.29, 0.717) is 33.6 Å². The van der Waals surface area contributed by atoms with Crippen LogP contribution in [0.4, 0.5) is 0 Å². The van der Waals surface area contributed by atoms with Crippen molar-refractivity contribution in [2.24, 2.45) is 11.8 Å². The fourth-order valence-corrected chi connectivity index (χ4v) is 3.45. The maximum Gasteiger partial charge on any atom is 0.257 e. The van der Waals surface area contributed by atoms with Gasteiger partial charge in [-0.15, -0.1) is 0 Å². The standard InChI is InChI=1S/C18H25ClN4O2S/c1-11-5-3-8-15(12(11)2)21-18(26)23-22-16(24)10-20-17(25)13-6-4-7-14(19)9-13/h4,6-7,9,11-12,15H,3,5,8,10H2,1-2H3,(H,20,25)(H,22,24)(H2,21,23,26)/t11-,12-,15+/m1/s1. The molecular formula is C18H25ClN4O2S. The van der Waals surface area contributed by atoms with Crippen molar-refractivity contribution in [3.63, 3.8) is 0 Å². The Balaban J connectivity index is 1.69. The smallest absolute Gasteiger partial charge is 0.257 e. The van der Waals surface area contributed by atoms with Crippen molar-refractivity contribution in [2.75, 3.05) is 6.54 Å². The minimum Gasteiger partial charge on any atom is -0.358 e. The monoisotopic (exact) mass is 396 g/mol. The zero-order valence-electron chi connectivity index (χ0n) is 15.0. The first-order valence-electron chi connectivity index (χ1n) is 8.76. The fraction of sp³-hybridized carbons (Fsp3) is 0.500. The highest BCUT2D eigenvalue weighted by atomic mass is 35.5. The fourth-order valence-electron chi connectivity index (χ4n) is 3.05. The van der Waals surface area contributed by atoms with Gasteiger partial charge in [-0.05, 0) is 48.7 Å². The van der Waals surface area contributed by atoms with E-state index < -0.39 is 5.91 Å². The third-order valence-corrected chi connectivity index (χ3v) is 5.29. The van der Waals surface area contributed by atoms with E-state index in [1.807, 2.05) is 0 Å². The summed E-state index contributed by atoms with van der Waals surface area (Å²) in [5.41, 5.74) is 5.57. The van der Waals surface area contributed by atoms with E-state index in [1.54, 1.807) is 24.3 Å². The predicted molar refractivity (Wildman–Crippen MR) is 107 cm³/mol. The van der Waals surface area contributed by atoms with Crippen molar-refractivity contribution in [3.05, 3.63) is 34.9 Å². The number of hydrazine groups is 1. The van der Waals surface area contributed by atoms with Gasteiger partial charge in [0.2, 0.25) is 0 Å². The Kier molecular flexibility index (Phi) is 7.66. The molecule has 1 saturated carbocycles. The minimum atomic E-state index is -0.394. The average molecular weight is 397 g/mol. The summed E-state index contributed by atoms with van der Waals surface area (Å²) in [5, 5.41) is 6.63. The predicted octanol–water partition coefficient (Wildman–Crippen LogP) is 2.39. The van der Waals surface area contributed by atoms with Crippen LogP contribution < -0.4 is 21.5 Å². The molecular weight excluding hydrogens is 372 g/mol. The number of carbonyl (C=O) groups excluding carboxylic acids is 2. The van der Waals surface area contributed by atoms with E-state index in [4.69, 9.17) is 23.8 Å². The van der Waals surface area contributed by atoms with E-state index in [1.165, 1.54) is 12.8 Å².